The van der Waals surface area contributed by atoms with E-state index in [0.29, 0.717) is 0 Å². The molecule has 0 bridgehead atoms. The molecule has 0 radical (unpaired) electrons. The monoisotopic (exact) mass is 859 g/mol. The van der Waals surface area contributed by atoms with Crippen LogP contribution in [0.5, 0.6) is 5.75 Å². The van der Waals surface area contributed by atoms with Crippen LogP contribution in [0.3, 0.4) is 0 Å². The van der Waals surface area contributed by atoms with E-state index in [1.807, 2.05) is 0 Å². The maximum atomic E-state index is 7.75. The number of hydrogen-bond donors (Lipinski definition) is 0. The Balaban J connectivity index is 1.20. The average Bonchev–Trinajstić information content (AvgIpc) is 3.79. The Morgan fingerprint density at radius 3 is 1.76 bits per heavy atom. The van der Waals surface area contributed by atoms with Crippen molar-refractivity contribution in [3.8, 4) is 78.6 Å². The smallest absolute Gasteiger partial charge is 0.392 e. The third-order valence-electron chi connectivity index (χ3n) is 14.6. The molecule has 66 heavy (non-hydrogen) atoms. The highest BCUT2D eigenvalue weighted by atomic mass is 16.5. The first-order chi connectivity index (χ1) is 31.5. The second-order valence-electron chi connectivity index (χ2n) is 21.9. The number of benzene rings is 7. The van der Waals surface area contributed by atoms with Crippen molar-refractivity contribution in [2.75, 3.05) is 0 Å². The molecule has 0 fully saturated rings. The molecule has 1 spiro atoms. The highest BCUT2D eigenvalue weighted by Crippen LogP contribution is 2.55. The van der Waals surface area contributed by atoms with E-state index in [9.17, 15) is 0 Å². The van der Waals surface area contributed by atoms with Gasteiger partial charge in [-0.15, -0.1) is 9.13 Å². The lowest BCUT2D eigenvalue weighted by atomic mass is 9.80. The summed E-state index contributed by atoms with van der Waals surface area (Å²) in [5, 5.41) is 0. The topological polar surface area (TPSA) is 21.9 Å². The summed E-state index contributed by atoms with van der Waals surface area (Å²) in [4.78, 5) is 0. The lowest BCUT2D eigenvalue weighted by Crippen LogP contribution is -2.78. The molecule has 4 heteroatoms. The van der Waals surface area contributed by atoms with Crippen LogP contribution in [0.4, 0.5) is 0 Å². The van der Waals surface area contributed by atoms with Crippen molar-refractivity contribution in [3.63, 3.8) is 0 Å². The quantitative estimate of drug-likeness (QED) is 0.162. The van der Waals surface area contributed by atoms with Gasteiger partial charge in [-0.1, -0.05) is 159 Å². The fraction of sp³-hybridized carbons (Fsp3) is 0.226. The third kappa shape index (κ3) is 5.76. The van der Waals surface area contributed by atoms with E-state index in [0.717, 1.165) is 39.6 Å². The van der Waals surface area contributed by atoms with Gasteiger partial charge in [0.05, 0.1) is 5.56 Å². The molecule has 3 aliphatic heterocycles. The van der Waals surface area contributed by atoms with Crippen molar-refractivity contribution in [2.24, 2.45) is 0 Å². The molecule has 1 atom stereocenters. The summed E-state index contributed by atoms with van der Waals surface area (Å²) < 4.78 is 15.3. The number of aromatic nitrogens is 3. The highest BCUT2D eigenvalue weighted by molar-refractivity contribution is 5.99. The Morgan fingerprint density at radius 1 is 0.470 bits per heavy atom. The van der Waals surface area contributed by atoms with Crippen LogP contribution in [-0.4, -0.2) is 4.57 Å². The second kappa shape index (κ2) is 13.7. The summed E-state index contributed by atoms with van der Waals surface area (Å²) in [5.74, 6) is 0.912. The molecule has 0 saturated carbocycles. The minimum atomic E-state index is -1.04. The third-order valence-corrected chi connectivity index (χ3v) is 14.6. The Labute approximate surface area is 389 Å². The molecule has 1 unspecified atom stereocenters. The van der Waals surface area contributed by atoms with Gasteiger partial charge in [-0.2, -0.15) is 4.57 Å². The highest BCUT2D eigenvalue weighted by Gasteiger charge is 2.68. The summed E-state index contributed by atoms with van der Waals surface area (Å²) in [6.07, 6.45) is 2.28. The molecule has 9 aromatic rings. The molecule has 4 nitrogen and oxygen atoms in total. The van der Waals surface area contributed by atoms with Gasteiger partial charge in [0.1, 0.15) is 22.6 Å². The summed E-state index contributed by atoms with van der Waals surface area (Å²) >= 11 is 0. The number of rotatable bonds is 4. The van der Waals surface area contributed by atoms with Gasteiger partial charge in [0.2, 0.25) is 5.69 Å². The fourth-order valence-electron chi connectivity index (χ4n) is 11.0. The van der Waals surface area contributed by atoms with Crippen LogP contribution in [0.1, 0.15) is 90.1 Å². The van der Waals surface area contributed by atoms with Crippen LogP contribution in [0.2, 0.25) is 0 Å². The number of hydrogen-bond acceptors (Lipinski definition) is 1. The van der Waals surface area contributed by atoms with E-state index < -0.39 is 5.85 Å². The zero-order valence-corrected chi connectivity index (χ0v) is 39.8. The largest absolute Gasteiger partial charge is 0.499 e. The van der Waals surface area contributed by atoms with Gasteiger partial charge >= 0.3 is 11.7 Å². The van der Waals surface area contributed by atoms with Crippen molar-refractivity contribution in [2.45, 2.75) is 91.3 Å². The fourth-order valence-corrected chi connectivity index (χ4v) is 11.0. The van der Waals surface area contributed by atoms with Gasteiger partial charge in [-0.3, -0.25) is 0 Å². The second-order valence-corrected chi connectivity index (χ2v) is 21.9. The van der Waals surface area contributed by atoms with Gasteiger partial charge in [0.25, 0.3) is 0 Å². The van der Waals surface area contributed by atoms with Crippen molar-refractivity contribution < 1.29 is 13.9 Å². The minimum absolute atomic E-state index is 0.0352. The maximum Gasteiger partial charge on any atom is 0.499 e. The standard InChI is InChI=1S/C62H57N3O/c1-38-33-54(49(37-48(38)40-17-12-11-13-18-40)41-25-29-44(30-26-41)60(5,6)7)64-52-21-16-20-46-50-35-45(61(8,9)10)36-51-53-34-42(39-23-27-43(28-24-39)59(2,3)4)31-32-63(53)62(56(50)51)65(57(46)52)58(64)47-19-14-15-22-55(47)66-62/h11-37H,1-10H3/q+2. The first kappa shape index (κ1) is 40.5. The molecule has 2 aromatic heterocycles. The van der Waals surface area contributed by atoms with Gasteiger partial charge in [-0.25, -0.2) is 0 Å². The van der Waals surface area contributed by atoms with Crippen molar-refractivity contribution in [1.82, 2.24) is 4.57 Å². The molecule has 5 heterocycles. The molecular formula is C62H57N3O+2. The predicted octanol–water partition coefficient (Wildman–Crippen LogP) is 14.6. The number of fused-ring (bicyclic) bond motifs is 5. The molecule has 7 aromatic carbocycles. The van der Waals surface area contributed by atoms with Crippen LogP contribution in [0, 0.1) is 6.92 Å². The van der Waals surface area contributed by atoms with Gasteiger partial charge in [0, 0.05) is 28.8 Å². The molecule has 0 saturated heterocycles. The molecule has 0 amide bonds. The van der Waals surface area contributed by atoms with E-state index in [1.165, 1.54) is 77.9 Å². The Kier molecular flexibility index (Phi) is 8.43. The molecule has 0 N–H and O–H groups in total. The Hall–Kier alpha value is -7.04. The van der Waals surface area contributed by atoms with Crippen LogP contribution < -0.4 is 13.9 Å². The molecular weight excluding hydrogens is 803 g/mol. The average molecular weight is 860 g/mol. The maximum absolute atomic E-state index is 7.75. The molecule has 324 valence electrons. The van der Waals surface area contributed by atoms with Crippen LogP contribution in [0.15, 0.2) is 164 Å². The summed E-state index contributed by atoms with van der Waals surface area (Å²) in [5.41, 5.74) is 22.8. The van der Waals surface area contributed by atoms with Crippen LogP contribution >= 0.6 is 0 Å². The zero-order chi connectivity index (χ0) is 45.7. The van der Waals surface area contributed by atoms with Crippen molar-refractivity contribution in [1.29, 1.82) is 0 Å². The summed E-state index contributed by atoms with van der Waals surface area (Å²) in [7, 11) is 0. The number of pyridine rings is 1. The number of imidazole rings is 1. The van der Waals surface area contributed by atoms with E-state index >= 15 is 0 Å². The van der Waals surface area contributed by atoms with E-state index in [4.69, 9.17) is 4.74 Å². The summed E-state index contributed by atoms with van der Waals surface area (Å²) in [6, 6.07) is 59.3. The first-order valence-electron chi connectivity index (χ1n) is 23.6. The molecule has 12 rings (SSSR count). The SMILES string of the molecule is Cc1cc(-n2c3[n+]4c5c(cccc52)-c2cc(C(C)(C)C)cc5c2C4(Oc2ccccc2-3)[n+]2ccc(-c3ccc(C(C)(C)C)cc3)cc2-5)c(-c2ccc(C(C)(C)C)cc2)cc1-c1ccccc1. The Bertz CT molecular complexity index is 3480. The summed E-state index contributed by atoms with van der Waals surface area (Å²) in [6.45, 7) is 22.9. The van der Waals surface area contributed by atoms with E-state index in [-0.39, 0.29) is 16.2 Å². The number of ether oxygens (including phenoxy) is 1. The molecule has 0 aliphatic carbocycles. The normalized spacial score (nSPS) is 15.6. The van der Waals surface area contributed by atoms with Crippen molar-refractivity contribution in [3.05, 3.63) is 192 Å². The van der Waals surface area contributed by atoms with Gasteiger partial charge < -0.3 is 4.74 Å². The number of nitrogens with zero attached hydrogens (tertiary/aromatic N) is 3. The minimum Gasteiger partial charge on any atom is -0.392 e. The van der Waals surface area contributed by atoms with Crippen molar-refractivity contribution >= 4 is 11.0 Å². The van der Waals surface area contributed by atoms with Crippen LogP contribution in [-0.2, 0) is 22.1 Å². The lowest BCUT2D eigenvalue weighted by Gasteiger charge is -2.33. The lowest BCUT2D eigenvalue weighted by molar-refractivity contribution is -0.997. The van der Waals surface area contributed by atoms with Crippen LogP contribution in [0.25, 0.3) is 83.9 Å². The number of aryl methyl sites for hydroxylation is 1. The van der Waals surface area contributed by atoms with Gasteiger partial charge in [0.15, 0.2) is 17.2 Å². The number of para-hydroxylation sites is 2. The van der Waals surface area contributed by atoms with Gasteiger partial charge in [-0.05, 0) is 122 Å². The van der Waals surface area contributed by atoms with E-state index in [1.54, 1.807) is 0 Å². The first-order valence-corrected chi connectivity index (χ1v) is 23.6. The zero-order valence-electron chi connectivity index (χ0n) is 39.8. The predicted molar refractivity (Wildman–Crippen MR) is 270 cm³/mol. The molecule has 3 aliphatic rings. The van der Waals surface area contributed by atoms with E-state index in [2.05, 4.69) is 247 Å². The Morgan fingerprint density at radius 2 is 1.08 bits per heavy atom.